The summed E-state index contributed by atoms with van der Waals surface area (Å²) in [6, 6.07) is 10.9. The first kappa shape index (κ1) is 20.3. The SMILES string of the molecule is CCOc1cc(/C=N/NC(=S)NC)ccc1OCc1c(Cl)cccc1Cl. The van der Waals surface area contributed by atoms with E-state index < -0.39 is 0 Å². The molecule has 2 rings (SSSR count). The fraction of sp³-hybridized carbons (Fsp3) is 0.222. The Labute approximate surface area is 168 Å². The number of hydrogen-bond acceptors (Lipinski definition) is 4. The molecule has 0 heterocycles. The van der Waals surface area contributed by atoms with Crippen LogP contribution in [0.5, 0.6) is 11.5 Å². The van der Waals surface area contributed by atoms with E-state index in [9.17, 15) is 0 Å². The van der Waals surface area contributed by atoms with Crippen LogP contribution in [0.1, 0.15) is 18.1 Å². The highest BCUT2D eigenvalue weighted by atomic mass is 35.5. The largest absolute Gasteiger partial charge is 0.490 e. The average molecular weight is 412 g/mol. The van der Waals surface area contributed by atoms with Gasteiger partial charge in [-0.2, -0.15) is 5.10 Å². The van der Waals surface area contributed by atoms with Gasteiger partial charge in [-0.1, -0.05) is 29.3 Å². The molecule has 0 aliphatic rings. The summed E-state index contributed by atoms with van der Waals surface area (Å²) in [6.07, 6.45) is 1.64. The predicted octanol–water partition coefficient (Wildman–Crippen LogP) is 4.40. The third kappa shape index (κ3) is 5.76. The van der Waals surface area contributed by atoms with Gasteiger partial charge in [-0.05, 0) is 55.0 Å². The fourth-order valence-corrected chi connectivity index (χ4v) is 2.59. The van der Waals surface area contributed by atoms with Crippen molar-refractivity contribution in [3.8, 4) is 11.5 Å². The highest BCUT2D eigenvalue weighted by Crippen LogP contribution is 2.31. The van der Waals surface area contributed by atoms with Gasteiger partial charge in [-0.25, -0.2) is 0 Å². The third-order valence-electron chi connectivity index (χ3n) is 3.31. The highest BCUT2D eigenvalue weighted by Gasteiger charge is 2.10. The van der Waals surface area contributed by atoms with E-state index in [1.165, 1.54) is 0 Å². The minimum Gasteiger partial charge on any atom is -0.490 e. The Balaban J connectivity index is 2.14. The molecule has 2 aromatic rings. The quantitative estimate of drug-likeness (QED) is 0.401. The normalized spacial score (nSPS) is 10.6. The summed E-state index contributed by atoms with van der Waals surface area (Å²) >= 11 is 17.3. The zero-order valence-electron chi connectivity index (χ0n) is 14.4. The van der Waals surface area contributed by atoms with Crippen LogP contribution < -0.4 is 20.2 Å². The maximum Gasteiger partial charge on any atom is 0.186 e. The van der Waals surface area contributed by atoms with E-state index in [4.69, 9.17) is 44.9 Å². The molecule has 0 saturated heterocycles. The van der Waals surface area contributed by atoms with Crippen LogP contribution >= 0.6 is 35.4 Å². The lowest BCUT2D eigenvalue weighted by Gasteiger charge is -2.14. The molecular formula is C18H19Cl2N3O2S. The van der Waals surface area contributed by atoms with E-state index in [-0.39, 0.29) is 6.61 Å². The number of hydrogen-bond donors (Lipinski definition) is 2. The summed E-state index contributed by atoms with van der Waals surface area (Å²) in [7, 11) is 1.72. The first-order valence-electron chi connectivity index (χ1n) is 7.88. The maximum atomic E-state index is 6.18. The number of nitrogens with zero attached hydrogens (tertiary/aromatic N) is 1. The van der Waals surface area contributed by atoms with Crippen molar-refractivity contribution in [1.29, 1.82) is 0 Å². The Morgan fingerprint density at radius 1 is 1.15 bits per heavy atom. The summed E-state index contributed by atoms with van der Waals surface area (Å²) in [6.45, 7) is 2.65. The van der Waals surface area contributed by atoms with Crippen LogP contribution in [0.25, 0.3) is 0 Å². The predicted molar refractivity (Wildman–Crippen MR) is 111 cm³/mol. The monoisotopic (exact) mass is 411 g/mol. The topological polar surface area (TPSA) is 54.9 Å². The van der Waals surface area contributed by atoms with Gasteiger partial charge in [0, 0.05) is 22.7 Å². The van der Waals surface area contributed by atoms with Gasteiger partial charge in [0.05, 0.1) is 12.8 Å². The van der Waals surface area contributed by atoms with Gasteiger partial charge in [-0.15, -0.1) is 0 Å². The molecule has 0 radical (unpaired) electrons. The number of nitrogens with one attached hydrogen (secondary N) is 2. The van der Waals surface area contributed by atoms with Crippen LogP contribution in [0.3, 0.4) is 0 Å². The highest BCUT2D eigenvalue weighted by molar-refractivity contribution is 7.80. The van der Waals surface area contributed by atoms with Crippen molar-refractivity contribution in [2.24, 2.45) is 5.10 Å². The zero-order valence-corrected chi connectivity index (χ0v) is 16.7. The number of ether oxygens (including phenoxy) is 2. The first-order chi connectivity index (χ1) is 12.5. The van der Waals surface area contributed by atoms with Gasteiger partial charge in [0.15, 0.2) is 16.6 Å². The lowest BCUT2D eigenvalue weighted by atomic mass is 10.2. The molecule has 2 aromatic carbocycles. The summed E-state index contributed by atoms with van der Waals surface area (Å²) in [5.74, 6) is 1.20. The van der Waals surface area contributed by atoms with Gasteiger partial charge in [0.1, 0.15) is 6.61 Å². The van der Waals surface area contributed by atoms with Gasteiger partial charge < -0.3 is 14.8 Å². The van der Waals surface area contributed by atoms with E-state index in [2.05, 4.69) is 15.8 Å². The smallest absolute Gasteiger partial charge is 0.186 e. The minimum absolute atomic E-state index is 0.240. The van der Waals surface area contributed by atoms with E-state index in [1.807, 2.05) is 25.1 Å². The van der Waals surface area contributed by atoms with Crippen molar-refractivity contribution in [2.75, 3.05) is 13.7 Å². The molecule has 0 bridgehead atoms. The van der Waals surface area contributed by atoms with Crippen molar-refractivity contribution in [1.82, 2.24) is 10.7 Å². The van der Waals surface area contributed by atoms with Crippen molar-refractivity contribution < 1.29 is 9.47 Å². The standard InChI is InChI=1S/C18H19Cl2N3O2S/c1-3-24-17-9-12(10-22-23-18(26)21-2)7-8-16(17)25-11-13-14(19)5-4-6-15(13)20/h4-10H,3,11H2,1-2H3,(H2,21,23,26)/b22-10+. The summed E-state index contributed by atoms with van der Waals surface area (Å²) in [5, 5.41) is 8.38. The maximum absolute atomic E-state index is 6.18. The number of benzene rings is 2. The molecule has 2 N–H and O–H groups in total. The van der Waals surface area contributed by atoms with Crippen LogP contribution in [0.2, 0.25) is 10.0 Å². The van der Waals surface area contributed by atoms with Crippen molar-refractivity contribution in [3.63, 3.8) is 0 Å². The molecule has 8 heteroatoms. The lowest BCUT2D eigenvalue weighted by Crippen LogP contribution is -2.28. The molecular weight excluding hydrogens is 393 g/mol. The number of thiocarbonyl (C=S) groups is 1. The fourth-order valence-electron chi connectivity index (χ4n) is 2.03. The van der Waals surface area contributed by atoms with Crippen LogP contribution in [-0.2, 0) is 6.61 Å². The van der Waals surface area contributed by atoms with Gasteiger partial charge in [-0.3, -0.25) is 5.43 Å². The number of halogens is 2. The molecule has 0 aliphatic carbocycles. The zero-order chi connectivity index (χ0) is 18.9. The first-order valence-corrected chi connectivity index (χ1v) is 9.05. The van der Waals surface area contributed by atoms with Gasteiger partial charge >= 0.3 is 0 Å². The van der Waals surface area contributed by atoms with Crippen molar-refractivity contribution in [2.45, 2.75) is 13.5 Å². The average Bonchev–Trinajstić information content (AvgIpc) is 2.62. The van der Waals surface area contributed by atoms with Gasteiger partial charge in [0.25, 0.3) is 0 Å². The van der Waals surface area contributed by atoms with Crippen LogP contribution in [-0.4, -0.2) is 25.0 Å². The van der Waals surface area contributed by atoms with Crippen LogP contribution in [0, 0.1) is 0 Å². The Bertz CT molecular complexity index is 780. The second kappa shape index (κ2) is 10.2. The van der Waals surface area contributed by atoms with Gasteiger partial charge in [0.2, 0.25) is 0 Å². The van der Waals surface area contributed by atoms with Crippen molar-refractivity contribution in [3.05, 3.63) is 57.6 Å². The van der Waals surface area contributed by atoms with Crippen molar-refractivity contribution >= 4 is 46.7 Å². The van der Waals surface area contributed by atoms with Crippen LogP contribution in [0.15, 0.2) is 41.5 Å². The Kier molecular flexibility index (Phi) is 7.97. The molecule has 0 amide bonds. The summed E-state index contributed by atoms with van der Waals surface area (Å²) in [4.78, 5) is 0. The van der Waals surface area contributed by atoms with E-state index >= 15 is 0 Å². The Hall–Kier alpha value is -2.02. The molecule has 0 unspecified atom stereocenters. The summed E-state index contributed by atoms with van der Waals surface area (Å²) < 4.78 is 11.5. The van der Waals surface area contributed by atoms with E-state index in [1.54, 1.807) is 31.5 Å². The van der Waals surface area contributed by atoms with Crippen LogP contribution in [0.4, 0.5) is 0 Å². The molecule has 0 atom stereocenters. The number of rotatable bonds is 7. The molecule has 0 fully saturated rings. The van der Waals surface area contributed by atoms with E-state index in [0.29, 0.717) is 33.3 Å². The molecule has 138 valence electrons. The second-order valence-corrected chi connectivity index (χ2v) is 6.30. The molecule has 0 aromatic heterocycles. The molecule has 26 heavy (non-hydrogen) atoms. The summed E-state index contributed by atoms with van der Waals surface area (Å²) in [5.41, 5.74) is 4.26. The molecule has 0 aliphatic heterocycles. The number of hydrazone groups is 1. The molecule has 0 saturated carbocycles. The van der Waals surface area contributed by atoms with E-state index in [0.717, 1.165) is 11.1 Å². The second-order valence-electron chi connectivity index (χ2n) is 5.08. The lowest BCUT2D eigenvalue weighted by molar-refractivity contribution is 0.269. The molecule has 0 spiro atoms. The Morgan fingerprint density at radius 2 is 1.88 bits per heavy atom. The Morgan fingerprint density at radius 3 is 2.54 bits per heavy atom. The third-order valence-corrected chi connectivity index (χ3v) is 4.31. The molecule has 5 nitrogen and oxygen atoms in total. The minimum atomic E-state index is 0.240.